The molecule has 0 aliphatic rings. The van der Waals surface area contributed by atoms with Gasteiger partial charge in [-0.25, -0.2) is 13.2 Å². The lowest BCUT2D eigenvalue weighted by molar-refractivity contribution is -0.114. The Hall–Kier alpha value is -3.76. The zero-order chi connectivity index (χ0) is 26.5. The van der Waals surface area contributed by atoms with Crippen molar-refractivity contribution in [2.45, 2.75) is 11.8 Å². The molecule has 9 nitrogen and oxygen atoms in total. The molecule has 0 saturated carbocycles. The van der Waals surface area contributed by atoms with Crippen LogP contribution < -0.4 is 19.1 Å². The number of anilines is 2. The average molecular weight is 533 g/mol. The summed E-state index contributed by atoms with van der Waals surface area (Å²) in [5.74, 6) is -0.923. The minimum Gasteiger partial charge on any atom is -0.493 e. The fourth-order valence-electron chi connectivity index (χ4n) is 3.34. The maximum atomic E-state index is 13.5. The minimum atomic E-state index is -4.15. The fourth-order valence-corrected chi connectivity index (χ4v) is 4.89. The van der Waals surface area contributed by atoms with E-state index in [1.54, 1.807) is 24.3 Å². The summed E-state index contributed by atoms with van der Waals surface area (Å²) >= 11 is 5.92. The number of rotatable bonds is 9. The molecule has 3 aromatic rings. The quantitative estimate of drug-likeness (QED) is 0.409. The first kappa shape index (κ1) is 26.8. The highest BCUT2D eigenvalue weighted by Crippen LogP contribution is 2.34. The third kappa shape index (κ3) is 5.89. The summed E-state index contributed by atoms with van der Waals surface area (Å²) in [4.78, 5) is 25.5. The Morgan fingerprint density at radius 1 is 0.917 bits per heavy atom. The second kappa shape index (κ2) is 11.3. The van der Waals surface area contributed by atoms with Crippen molar-refractivity contribution in [1.82, 2.24) is 0 Å². The second-order valence-electron chi connectivity index (χ2n) is 7.59. The molecule has 0 bridgehead atoms. The van der Waals surface area contributed by atoms with Gasteiger partial charge in [0.1, 0.15) is 6.54 Å². The smallest absolute Gasteiger partial charge is 0.340 e. The molecule has 0 saturated heterocycles. The Morgan fingerprint density at radius 3 is 2.06 bits per heavy atom. The van der Waals surface area contributed by atoms with Gasteiger partial charge in [0, 0.05) is 17.2 Å². The van der Waals surface area contributed by atoms with E-state index in [0.29, 0.717) is 5.02 Å². The number of benzene rings is 3. The molecule has 11 heteroatoms. The third-order valence-electron chi connectivity index (χ3n) is 5.21. The number of hydrogen-bond acceptors (Lipinski definition) is 7. The predicted octanol–water partition coefficient (Wildman–Crippen LogP) is 4.29. The number of methoxy groups -OCH3 is 3. The van der Waals surface area contributed by atoms with Crippen LogP contribution in [0.4, 0.5) is 11.4 Å². The van der Waals surface area contributed by atoms with Gasteiger partial charge in [-0.3, -0.25) is 9.10 Å². The van der Waals surface area contributed by atoms with Gasteiger partial charge >= 0.3 is 5.97 Å². The fraction of sp³-hybridized carbons (Fsp3) is 0.200. The van der Waals surface area contributed by atoms with Crippen molar-refractivity contribution in [2.75, 3.05) is 37.5 Å². The molecule has 1 amide bonds. The molecule has 0 radical (unpaired) electrons. The summed E-state index contributed by atoms with van der Waals surface area (Å²) in [6, 6.07) is 15.1. The molecule has 0 fully saturated rings. The van der Waals surface area contributed by atoms with Gasteiger partial charge in [-0.2, -0.15) is 0 Å². The predicted molar refractivity (Wildman–Crippen MR) is 137 cm³/mol. The summed E-state index contributed by atoms with van der Waals surface area (Å²) in [6.07, 6.45) is 0. The van der Waals surface area contributed by atoms with Gasteiger partial charge < -0.3 is 19.5 Å². The van der Waals surface area contributed by atoms with E-state index in [1.165, 1.54) is 57.7 Å². The average Bonchev–Trinajstić information content (AvgIpc) is 2.87. The molecule has 0 heterocycles. The van der Waals surface area contributed by atoms with E-state index in [1.807, 2.05) is 6.92 Å². The first-order chi connectivity index (χ1) is 17.1. The molecule has 3 aromatic carbocycles. The number of amides is 1. The monoisotopic (exact) mass is 532 g/mol. The number of esters is 1. The highest BCUT2D eigenvalue weighted by molar-refractivity contribution is 7.92. The topological polar surface area (TPSA) is 111 Å². The Bertz CT molecular complexity index is 1360. The molecule has 3 rings (SSSR count). The summed E-state index contributed by atoms with van der Waals surface area (Å²) in [5.41, 5.74) is 1.27. The summed E-state index contributed by atoms with van der Waals surface area (Å²) < 4.78 is 43.3. The molecule has 0 unspecified atom stereocenters. The van der Waals surface area contributed by atoms with Gasteiger partial charge in [-0.15, -0.1) is 0 Å². The number of aryl methyl sites for hydroxylation is 1. The highest BCUT2D eigenvalue weighted by atomic mass is 35.5. The van der Waals surface area contributed by atoms with Gasteiger partial charge in [-0.1, -0.05) is 29.3 Å². The lowest BCUT2D eigenvalue weighted by atomic mass is 10.1. The standard InChI is InChI=1S/C25H25ClN2O7S/c1-16-5-9-18(10-6-16)28(36(31,32)19-11-7-17(26)8-12-19)15-24(29)27-21-14-23(34-3)22(33-2)13-20(21)25(30)35-4/h5-14H,15H2,1-4H3,(H,27,29). The number of nitrogens with one attached hydrogen (secondary N) is 1. The van der Waals surface area contributed by atoms with Crippen LogP contribution in [-0.4, -0.2) is 48.2 Å². The van der Waals surface area contributed by atoms with Crippen LogP contribution in [0, 0.1) is 6.92 Å². The van der Waals surface area contributed by atoms with E-state index in [2.05, 4.69) is 5.32 Å². The van der Waals surface area contributed by atoms with Crippen LogP contribution in [0.25, 0.3) is 0 Å². The SMILES string of the molecule is COC(=O)c1cc(OC)c(OC)cc1NC(=O)CN(c1ccc(C)cc1)S(=O)(=O)c1ccc(Cl)cc1. The molecule has 0 atom stereocenters. The molecule has 0 aliphatic heterocycles. The lowest BCUT2D eigenvalue weighted by Crippen LogP contribution is -2.38. The molecular weight excluding hydrogens is 508 g/mol. The third-order valence-corrected chi connectivity index (χ3v) is 7.25. The first-order valence-electron chi connectivity index (χ1n) is 10.6. The minimum absolute atomic E-state index is 0.00550. The van der Waals surface area contributed by atoms with E-state index in [0.717, 1.165) is 9.87 Å². The Kier molecular flexibility index (Phi) is 8.44. The number of halogens is 1. The van der Waals surface area contributed by atoms with E-state index >= 15 is 0 Å². The van der Waals surface area contributed by atoms with Crippen LogP contribution in [0.2, 0.25) is 5.02 Å². The number of nitrogens with zero attached hydrogens (tertiary/aromatic N) is 1. The summed E-state index contributed by atoms with van der Waals surface area (Å²) in [7, 11) is -0.148. The van der Waals surface area contributed by atoms with Gasteiger partial charge in [0.15, 0.2) is 11.5 Å². The maximum Gasteiger partial charge on any atom is 0.340 e. The largest absolute Gasteiger partial charge is 0.493 e. The van der Waals surface area contributed by atoms with Crippen molar-refractivity contribution in [2.24, 2.45) is 0 Å². The lowest BCUT2D eigenvalue weighted by Gasteiger charge is -2.24. The summed E-state index contributed by atoms with van der Waals surface area (Å²) in [5, 5.41) is 2.97. The molecule has 0 spiro atoms. The van der Waals surface area contributed by atoms with Crippen molar-refractivity contribution in [3.63, 3.8) is 0 Å². The van der Waals surface area contributed by atoms with Crippen molar-refractivity contribution in [1.29, 1.82) is 0 Å². The molecule has 0 aromatic heterocycles. The van der Waals surface area contributed by atoms with Crippen LogP contribution in [0.15, 0.2) is 65.6 Å². The van der Waals surface area contributed by atoms with Gasteiger partial charge in [0.2, 0.25) is 5.91 Å². The Labute approximate surface area is 214 Å². The number of carbonyl (C=O) groups excluding carboxylic acids is 2. The highest BCUT2D eigenvalue weighted by Gasteiger charge is 2.28. The number of ether oxygens (including phenoxy) is 3. The Morgan fingerprint density at radius 2 is 1.50 bits per heavy atom. The van der Waals surface area contributed by atoms with Gasteiger partial charge in [0.25, 0.3) is 10.0 Å². The molecule has 190 valence electrons. The zero-order valence-corrected chi connectivity index (χ0v) is 21.6. The summed E-state index contributed by atoms with van der Waals surface area (Å²) in [6.45, 7) is 1.28. The molecular formula is C25H25ClN2O7S. The van der Waals surface area contributed by atoms with Crippen molar-refractivity contribution >= 4 is 44.9 Å². The normalized spacial score (nSPS) is 10.9. The van der Waals surface area contributed by atoms with E-state index in [-0.39, 0.29) is 33.3 Å². The van der Waals surface area contributed by atoms with E-state index < -0.39 is 28.4 Å². The van der Waals surface area contributed by atoms with Crippen LogP contribution >= 0.6 is 11.6 Å². The van der Waals surface area contributed by atoms with Crippen molar-refractivity contribution < 1.29 is 32.2 Å². The van der Waals surface area contributed by atoms with E-state index in [9.17, 15) is 18.0 Å². The second-order valence-corrected chi connectivity index (χ2v) is 9.89. The number of sulfonamides is 1. The van der Waals surface area contributed by atoms with E-state index in [4.69, 9.17) is 25.8 Å². The molecule has 1 N–H and O–H groups in total. The van der Waals surface area contributed by atoms with Crippen molar-refractivity contribution in [3.05, 3.63) is 76.8 Å². The maximum absolute atomic E-state index is 13.5. The van der Waals surface area contributed by atoms with Crippen LogP contribution in [0.3, 0.4) is 0 Å². The number of hydrogen-bond donors (Lipinski definition) is 1. The first-order valence-corrected chi connectivity index (χ1v) is 12.4. The van der Waals surface area contributed by atoms with Crippen LogP contribution in [-0.2, 0) is 19.6 Å². The van der Waals surface area contributed by atoms with Gasteiger partial charge in [-0.05, 0) is 43.3 Å². The zero-order valence-electron chi connectivity index (χ0n) is 20.1. The number of carbonyl (C=O) groups is 2. The van der Waals surface area contributed by atoms with Crippen LogP contribution in [0.1, 0.15) is 15.9 Å². The van der Waals surface area contributed by atoms with Crippen LogP contribution in [0.5, 0.6) is 11.5 Å². The van der Waals surface area contributed by atoms with Crippen molar-refractivity contribution in [3.8, 4) is 11.5 Å². The molecule has 36 heavy (non-hydrogen) atoms. The van der Waals surface area contributed by atoms with Gasteiger partial charge in [0.05, 0.1) is 43.2 Å². The Balaban J connectivity index is 2.01. The molecule has 0 aliphatic carbocycles.